The summed E-state index contributed by atoms with van der Waals surface area (Å²) in [6.45, 7) is 5.33. The van der Waals surface area contributed by atoms with Gasteiger partial charge in [-0.2, -0.15) is 0 Å². The lowest BCUT2D eigenvalue weighted by molar-refractivity contribution is 0.414. The lowest BCUT2D eigenvalue weighted by Gasteiger charge is -2.31. The van der Waals surface area contributed by atoms with Crippen LogP contribution in [0.4, 0.5) is 11.6 Å². The van der Waals surface area contributed by atoms with E-state index in [1.807, 2.05) is 12.1 Å². The van der Waals surface area contributed by atoms with Crippen LogP contribution in [0.25, 0.3) is 0 Å². The molecule has 1 aromatic heterocycles. The van der Waals surface area contributed by atoms with Gasteiger partial charge in [0.1, 0.15) is 23.7 Å². The number of nitrogens with one attached hydrogen (secondary N) is 1. The molecule has 5 heteroatoms. The smallest absolute Gasteiger partial charge is 0.134 e. The zero-order valence-corrected chi connectivity index (χ0v) is 14.5. The van der Waals surface area contributed by atoms with E-state index in [2.05, 4.69) is 45.3 Å². The minimum absolute atomic E-state index is 0.823. The van der Waals surface area contributed by atoms with Crippen LogP contribution in [0.1, 0.15) is 25.3 Å². The van der Waals surface area contributed by atoms with E-state index in [-0.39, 0.29) is 0 Å². The van der Waals surface area contributed by atoms with E-state index in [9.17, 15) is 0 Å². The first-order valence-electron chi connectivity index (χ1n) is 8.68. The molecule has 3 rings (SSSR count). The van der Waals surface area contributed by atoms with Gasteiger partial charge in [-0.3, -0.25) is 0 Å². The van der Waals surface area contributed by atoms with Crippen molar-refractivity contribution >= 4 is 11.6 Å². The maximum atomic E-state index is 5.26. The normalized spacial score (nSPS) is 15.3. The number of benzene rings is 1. The van der Waals surface area contributed by atoms with Gasteiger partial charge in [0.25, 0.3) is 0 Å². The monoisotopic (exact) mass is 326 g/mol. The van der Waals surface area contributed by atoms with E-state index in [0.29, 0.717) is 0 Å². The van der Waals surface area contributed by atoms with Crippen molar-refractivity contribution in [1.29, 1.82) is 0 Å². The third-order valence-corrected chi connectivity index (χ3v) is 4.61. The molecule has 1 aliphatic rings. The number of nitrogens with zero attached hydrogens (tertiary/aromatic N) is 3. The number of rotatable bonds is 6. The number of aromatic nitrogens is 2. The van der Waals surface area contributed by atoms with Crippen molar-refractivity contribution in [2.45, 2.75) is 26.2 Å². The van der Waals surface area contributed by atoms with Gasteiger partial charge in [-0.1, -0.05) is 19.1 Å². The van der Waals surface area contributed by atoms with Crippen molar-refractivity contribution in [2.75, 3.05) is 37.0 Å². The van der Waals surface area contributed by atoms with Gasteiger partial charge in [0.2, 0.25) is 0 Å². The van der Waals surface area contributed by atoms with Crippen LogP contribution in [0.5, 0.6) is 5.75 Å². The first-order chi connectivity index (χ1) is 11.7. The highest BCUT2D eigenvalue weighted by Gasteiger charge is 2.17. The van der Waals surface area contributed by atoms with E-state index < -0.39 is 0 Å². The second-order valence-corrected chi connectivity index (χ2v) is 6.46. The van der Waals surface area contributed by atoms with E-state index in [1.54, 1.807) is 13.4 Å². The Kier molecular flexibility index (Phi) is 5.51. The first-order valence-corrected chi connectivity index (χ1v) is 8.68. The predicted molar refractivity (Wildman–Crippen MR) is 97.8 cm³/mol. The predicted octanol–water partition coefficient (Wildman–Crippen LogP) is 3.38. The van der Waals surface area contributed by atoms with Crippen LogP contribution < -0.4 is 15.0 Å². The third kappa shape index (κ3) is 4.37. The number of methoxy groups -OCH3 is 1. The topological polar surface area (TPSA) is 50.3 Å². The van der Waals surface area contributed by atoms with Crippen LogP contribution in [0.15, 0.2) is 36.7 Å². The van der Waals surface area contributed by atoms with Gasteiger partial charge in [0.15, 0.2) is 0 Å². The molecule has 0 unspecified atom stereocenters. The molecule has 0 atom stereocenters. The Morgan fingerprint density at radius 1 is 1.21 bits per heavy atom. The Morgan fingerprint density at radius 2 is 2.04 bits per heavy atom. The Labute approximate surface area is 144 Å². The van der Waals surface area contributed by atoms with Crippen molar-refractivity contribution in [1.82, 2.24) is 9.97 Å². The lowest BCUT2D eigenvalue weighted by Crippen LogP contribution is -2.33. The molecular formula is C19H26N4O. The molecule has 24 heavy (non-hydrogen) atoms. The molecule has 1 aromatic carbocycles. The summed E-state index contributed by atoms with van der Waals surface area (Å²) in [5.41, 5.74) is 1.25. The zero-order chi connectivity index (χ0) is 16.8. The summed E-state index contributed by atoms with van der Waals surface area (Å²) in [5.74, 6) is 3.64. The summed E-state index contributed by atoms with van der Waals surface area (Å²) in [4.78, 5) is 11.1. The molecule has 0 spiro atoms. The van der Waals surface area contributed by atoms with E-state index in [0.717, 1.165) is 49.4 Å². The van der Waals surface area contributed by atoms with Crippen molar-refractivity contribution in [2.24, 2.45) is 5.92 Å². The Balaban J connectivity index is 1.54. The number of piperidine rings is 1. The van der Waals surface area contributed by atoms with Gasteiger partial charge in [0, 0.05) is 25.7 Å². The Morgan fingerprint density at radius 3 is 2.83 bits per heavy atom. The average molecular weight is 326 g/mol. The van der Waals surface area contributed by atoms with Crippen LogP contribution in [0, 0.1) is 5.92 Å². The van der Waals surface area contributed by atoms with E-state index in [4.69, 9.17) is 4.74 Å². The third-order valence-electron chi connectivity index (χ3n) is 4.61. The van der Waals surface area contributed by atoms with Crippen molar-refractivity contribution in [3.63, 3.8) is 0 Å². The molecule has 0 radical (unpaired) electrons. The van der Waals surface area contributed by atoms with Gasteiger partial charge in [0.05, 0.1) is 7.11 Å². The van der Waals surface area contributed by atoms with Gasteiger partial charge in [-0.15, -0.1) is 0 Å². The van der Waals surface area contributed by atoms with Gasteiger partial charge < -0.3 is 15.0 Å². The van der Waals surface area contributed by atoms with Crippen molar-refractivity contribution in [3.05, 3.63) is 42.2 Å². The minimum atomic E-state index is 0.823. The summed E-state index contributed by atoms with van der Waals surface area (Å²) in [6.07, 6.45) is 5.06. The highest BCUT2D eigenvalue weighted by molar-refractivity contribution is 5.48. The number of anilines is 2. The zero-order valence-electron chi connectivity index (χ0n) is 14.5. The van der Waals surface area contributed by atoms with Crippen LogP contribution in [-0.2, 0) is 6.42 Å². The van der Waals surface area contributed by atoms with E-state index in [1.165, 1.54) is 18.4 Å². The molecule has 1 N–H and O–H groups in total. The maximum Gasteiger partial charge on any atom is 0.134 e. The SMILES string of the molecule is COc1cccc(CCNc2cc(N3CCC(C)CC3)ncn2)c1. The standard InChI is InChI=1S/C19H26N4O/c1-15-7-10-23(11-8-15)19-13-18(21-14-22-19)20-9-6-16-4-3-5-17(12-16)24-2/h3-5,12-15H,6-11H2,1-2H3,(H,20,21,22). The summed E-state index contributed by atoms with van der Waals surface area (Å²) in [5, 5.41) is 3.40. The Hall–Kier alpha value is -2.30. The summed E-state index contributed by atoms with van der Waals surface area (Å²) >= 11 is 0. The number of hydrogen-bond acceptors (Lipinski definition) is 5. The number of ether oxygens (including phenoxy) is 1. The fourth-order valence-corrected chi connectivity index (χ4v) is 3.02. The fourth-order valence-electron chi connectivity index (χ4n) is 3.02. The summed E-state index contributed by atoms with van der Waals surface area (Å²) in [7, 11) is 1.70. The second-order valence-electron chi connectivity index (χ2n) is 6.46. The van der Waals surface area contributed by atoms with Crippen molar-refractivity contribution < 1.29 is 4.74 Å². The highest BCUT2D eigenvalue weighted by Crippen LogP contribution is 2.22. The fraction of sp³-hybridized carbons (Fsp3) is 0.474. The molecule has 2 heterocycles. The average Bonchev–Trinajstić information content (AvgIpc) is 2.63. The molecule has 0 saturated carbocycles. The molecule has 1 aliphatic heterocycles. The molecule has 0 amide bonds. The highest BCUT2D eigenvalue weighted by atomic mass is 16.5. The van der Waals surface area contributed by atoms with E-state index >= 15 is 0 Å². The molecule has 5 nitrogen and oxygen atoms in total. The molecular weight excluding hydrogens is 300 g/mol. The van der Waals surface area contributed by atoms with Crippen LogP contribution in [0.2, 0.25) is 0 Å². The molecule has 0 aliphatic carbocycles. The summed E-state index contributed by atoms with van der Waals surface area (Å²) < 4.78 is 5.26. The molecule has 2 aromatic rings. The summed E-state index contributed by atoms with van der Waals surface area (Å²) in [6, 6.07) is 10.2. The van der Waals surface area contributed by atoms with Crippen molar-refractivity contribution in [3.8, 4) is 5.75 Å². The Bertz CT molecular complexity index is 653. The molecule has 0 bridgehead atoms. The van der Waals surface area contributed by atoms with Crippen LogP contribution in [-0.4, -0.2) is 36.7 Å². The first kappa shape index (κ1) is 16.6. The van der Waals surface area contributed by atoms with Gasteiger partial charge >= 0.3 is 0 Å². The lowest BCUT2D eigenvalue weighted by atomic mass is 9.99. The van der Waals surface area contributed by atoms with Gasteiger partial charge in [-0.05, 0) is 42.9 Å². The van der Waals surface area contributed by atoms with Crippen LogP contribution >= 0.6 is 0 Å². The quantitative estimate of drug-likeness (QED) is 0.882. The largest absolute Gasteiger partial charge is 0.497 e. The maximum absolute atomic E-state index is 5.26. The second kappa shape index (κ2) is 7.99. The van der Waals surface area contributed by atoms with Gasteiger partial charge in [-0.25, -0.2) is 9.97 Å². The molecule has 128 valence electrons. The van der Waals surface area contributed by atoms with Crippen LogP contribution in [0.3, 0.4) is 0 Å². The minimum Gasteiger partial charge on any atom is -0.497 e. The number of hydrogen-bond donors (Lipinski definition) is 1. The molecule has 1 saturated heterocycles. The molecule has 1 fully saturated rings.